The molecule has 0 atom stereocenters. The minimum absolute atomic E-state index is 0.0971. The molecule has 0 bridgehead atoms. The third-order valence-electron chi connectivity index (χ3n) is 2.91. The molecule has 1 N–H and O–H groups in total. The zero-order valence-electron chi connectivity index (χ0n) is 11.8. The number of hydrogen-bond donors (Lipinski definition) is 1. The molecule has 5 heteroatoms. The van der Waals surface area contributed by atoms with E-state index in [1.165, 1.54) is 11.3 Å². The van der Waals surface area contributed by atoms with Gasteiger partial charge in [-0.25, -0.2) is 9.78 Å². The molecule has 2 rings (SSSR count). The molecule has 0 aliphatic heterocycles. The molecular weight excluding hydrogens is 294 g/mol. The van der Waals surface area contributed by atoms with Crippen LogP contribution in [0.5, 0.6) is 0 Å². The highest BCUT2D eigenvalue weighted by atomic mass is 35.5. The molecule has 0 unspecified atom stereocenters. The van der Waals surface area contributed by atoms with Crippen molar-refractivity contribution in [2.24, 2.45) is 0 Å². The molecule has 1 aromatic carbocycles. The lowest BCUT2D eigenvalue weighted by atomic mass is 9.98. The van der Waals surface area contributed by atoms with Crippen LogP contribution in [0.3, 0.4) is 0 Å². The van der Waals surface area contributed by atoms with Crippen LogP contribution in [-0.2, 0) is 5.41 Å². The lowest BCUT2D eigenvalue weighted by Gasteiger charge is -2.13. The summed E-state index contributed by atoms with van der Waals surface area (Å²) < 4.78 is 0. The quantitative estimate of drug-likeness (QED) is 0.869. The van der Waals surface area contributed by atoms with Crippen LogP contribution in [0.15, 0.2) is 18.2 Å². The SMILES string of the molecule is Cc1ccc(-c2sc(C(C)(C)C)nc2C(=O)O)cc1Cl. The first-order valence-electron chi connectivity index (χ1n) is 6.21. The summed E-state index contributed by atoms with van der Waals surface area (Å²) >= 11 is 7.54. The van der Waals surface area contributed by atoms with Gasteiger partial charge < -0.3 is 5.11 Å². The van der Waals surface area contributed by atoms with E-state index in [0.717, 1.165) is 16.1 Å². The molecule has 2 aromatic rings. The summed E-state index contributed by atoms with van der Waals surface area (Å²) in [5.74, 6) is -1.01. The molecule has 0 amide bonds. The van der Waals surface area contributed by atoms with Gasteiger partial charge >= 0.3 is 5.97 Å². The Labute approximate surface area is 127 Å². The van der Waals surface area contributed by atoms with E-state index in [0.29, 0.717) is 9.90 Å². The highest BCUT2D eigenvalue weighted by Crippen LogP contribution is 2.37. The second kappa shape index (κ2) is 5.19. The average Bonchev–Trinajstić information content (AvgIpc) is 2.77. The van der Waals surface area contributed by atoms with E-state index in [2.05, 4.69) is 4.98 Å². The van der Waals surface area contributed by atoms with Crippen molar-refractivity contribution in [3.63, 3.8) is 0 Å². The fourth-order valence-corrected chi connectivity index (χ4v) is 3.01. The molecule has 1 heterocycles. The summed E-state index contributed by atoms with van der Waals surface area (Å²) in [6.07, 6.45) is 0. The third-order valence-corrected chi connectivity index (χ3v) is 4.84. The van der Waals surface area contributed by atoms with Crippen molar-refractivity contribution >= 4 is 28.9 Å². The van der Waals surface area contributed by atoms with Gasteiger partial charge in [0.2, 0.25) is 0 Å². The second-order valence-corrected chi connectivity index (χ2v) is 7.12. The Morgan fingerprint density at radius 3 is 2.50 bits per heavy atom. The Bertz CT molecular complexity index is 671. The molecular formula is C15H16ClNO2S. The summed E-state index contributed by atoms with van der Waals surface area (Å²) in [7, 11) is 0. The van der Waals surface area contributed by atoms with Crippen LogP contribution < -0.4 is 0 Å². The summed E-state index contributed by atoms with van der Waals surface area (Å²) in [5, 5.41) is 10.8. The predicted molar refractivity (Wildman–Crippen MR) is 83.0 cm³/mol. The number of carbonyl (C=O) groups is 1. The van der Waals surface area contributed by atoms with E-state index < -0.39 is 5.97 Å². The number of rotatable bonds is 2. The number of carboxylic acid groups (broad SMARTS) is 1. The normalized spacial score (nSPS) is 11.7. The number of halogens is 1. The molecule has 1 aromatic heterocycles. The van der Waals surface area contributed by atoms with Crippen molar-refractivity contribution in [3.05, 3.63) is 39.5 Å². The topological polar surface area (TPSA) is 50.2 Å². The molecule has 20 heavy (non-hydrogen) atoms. The number of hydrogen-bond acceptors (Lipinski definition) is 3. The lowest BCUT2D eigenvalue weighted by molar-refractivity contribution is 0.0692. The molecule has 0 fully saturated rings. The van der Waals surface area contributed by atoms with Gasteiger partial charge in [-0.2, -0.15) is 0 Å². The highest BCUT2D eigenvalue weighted by Gasteiger charge is 2.25. The fourth-order valence-electron chi connectivity index (χ4n) is 1.72. The largest absolute Gasteiger partial charge is 0.476 e. The van der Waals surface area contributed by atoms with Crippen molar-refractivity contribution in [1.82, 2.24) is 4.98 Å². The van der Waals surface area contributed by atoms with Crippen LogP contribution >= 0.6 is 22.9 Å². The molecule has 0 radical (unpaired) electrons. The minimum atomic E-state index is -1.01. The first-order valence-corrected chi connectivity index (χ1v) is 7.40. The van der Waals surface area contributed by atoms with Gasteiger partial charge in [0.1, 0.15) is 0 Å². The molecule has 0 spiro atoms. The zero-order chi connectivity index (χ0) is 15.1. The van der Waals surface area contributed by atoms with Crippen molar-refractivity contribution in [1.29, 1.82) is 0 Å². The average molecular weight is 310 g/mol. The maximum absolute atomic E-state index is 11.4. The van der Waals surface area contributed by atoms with Crippen LogP contribution in [0, 0.1) is 6.92 Å². The van der Waals surface area contributed by atoms with Crippen molar-refractivity contribution in [2.75, 3.05) is 0 Å². The molecule has 0 saturated heterocycles. The summed E-state index contributed by atoms with van der Waals surface area (Å²) in [4.78, 5) is 16.3. The number of aromatic nitrogens is 1. The van der Waals surface area contributed by atoms with Gasteiger partial charge in [-0.1, -0.05) is 44.5 Å². The van der Waals surface area contributed by atoms with Gasteiger partial charge in [0, 0.05) is 10.4 Å². The number of carboxylic acids is 1. The van der Waals surface area contributed by atoms with Gasteiger partial charge in [-0.15, -0.1) is 11.3 Å². The lowest BCUT2D eigenvalue weighted by Crippen LogP contribution is -2.11. The van der Waals surface area contributed by atoms with Crippen molar-refractivity contribution < 1.29 is 9.90 Å². The Balaban J connectivity index is 2.63. The fraction of sp³-hybridized carbons (Fsp3) is 0.333. The Kier molecular flexibility index (Phi) is 3.89. The summed E-state index contributed by atoms with van der Waals surface area (Å²) in [5.41, 5.74) is 1.68. The standard InChI is InChI=1S/C15H16ClNO2S/c1-8-5-6-9(7-10(8)16)12-11(13(18)19)17-14(20-12)15(2,3)4/h5-7H,1-4H3,(H,18,19). The monoisotopic (exact) mass is 309 g/mol. The van der Waals surface area contributed by atoms with Gasteiger partial charge in [0.15, 0.2) is 5.69 Å². The van der Waals surface area contributed by atoms with Crippen LogP contribution in [0.4, 0.5) is 0 Å². The zero-order valence-corrected chi connectivity index (χ0v) is 13.4. The van der Waals surface area contributed by atoms with Crippen molar-refractivity contribution in [3.8, 4) is 10.4 Å². The Hall–Kier alpha value is -1.39. The van der Waals surface area contributed by atoms with E-state index in [1.54, 1.807) is 6.07 Å². The van der Waals surface area contributed by atoms with Crippen LogP contribution in [0.25, 0.3) is 10.4 Å². The van der Waals surface area contributed by atoms with E-state index in [1.807, 2.05) is 39.8 Å². The highest BCUT2D eigenvalue weighted by molar-refractivity contribution is 7.15. The molecule has 0 aliphatic rings. The Morgan fingerprint density at radius 2 is 2.00 bits per heavy atom. The van der Waals surface area contributed by atoms with Gasteiger partial charge in [0.25, 0.3) is 0 Å². The van der Waals surface area contributed by atoms with Gasteiger partial charge in [-0.3, -0.25) is 0 Å². The first kappa shape index (κ1) is 15.0. The first-order chi connectivity index (χ1) is 9.20. The van der Waals surface area contributed by atoms with Gasteiger partial charge in [0.05, 0.1) is 9.88 Å². The maximum Gasteiger partial charge on any atom is 0.356 e. The molecule has 3 nitrogen and oxygen atoms in total. The van der Waals surface area contributed by atoms with E-state index in [-0.39, 0.29) is 11.1 Å². The van der Waals surface area contributed by atoms with Crippen LogP contribution in [0.2, 0.25) is 5.02 Å². The second-order valence-electron chi connectivity index (χ2n) is 5.72. The predicted octanol–water partition coefficient (Wildman–Crippen LogP) is 4.77. The molecule has 0 aliphatic carbocycles. The third kappa shape index (κ3) is 2.86. The maximum atomic E-state index is 11.4. The Morgan fingerprint density at radius 1 is 1.35 bits per heavy atom. The van der Waals surface area contributed by atoms with E-state index in [4.69, 9.17) is 11.6 Å². The van der Waals surface area contributed by atoms with Gasteiger partial charge in [-0.05, 0) is 24.1 Å². The summed E-state index contributed by atoms with van der Waals surface area (Å²) in [6, 6.07) is 5.57. The minimum Gasteiger partial charge on any atom is -0.476 e. The van der Waals surface area contributed by atoms with Crippen LogP contribution in [0.1, 0.15) is 41.8 Å². The number of nitrogens with zero attached hydrogens (tertiary/aromatic N) is 1. The van der Waals surface area contributed by atoms with E-state index in [9.17, 15) is 9.90 Å². The smallest absolute Gasteiger partial charge is 0.356 e. The summed E-state index contributed by atoms with van der Waals surface area (Å²) in [6.45, 7) is 7.97. The number of benzene rings is 1. The van der Waals surface area contributed by atoms with E-state index >= 15 is 0 Å². The molecule has 106 valence electrons. The molecule has 0 saturated carbocycles. The van der Waals surface area contributed by atoms with Crippen molar-refractivity contribution in [2.45, 2.75) is 33.1 Å². The number of thiazole rings is 1. The van der Waals surface area contributed by atoms with Crippen LogP contribution in [-0.4, -0.2) is 16.1 Å². The number of aryl methyl sites for hydroxylation is 1. The number of aromatic carboxylic acids is 1.